The van der Waals surface area contributed by atoms with Crippen molar-refractivity contribution in [3.8, 4) is 0 Å². The zero-order valence-electron chi connectivity index (χ0n) is 13.2. The molecule has 21 heavy (non-hydrogen) atoms. The van der Waals surface area contributed by atoms with Crippen LogP contribution in [0.3, 0.4) is 0 Å². The van der Waals surface area contributed by atoms with Crippen molar-refractivity contribution in [3.05, 3.63) is 0 Å². The first-order valence-corrected chi connectivity index (χ1v) is 7.52. The van der Waals surface area contributed by atoms with Crippen LogP contribution < -0.4 is 5.32 Å². The van der Waals surface area contributed by atoms with E-state index in [0.717, 1.165) is 45.9 Å². The van der Waals surface area contributed by atoms with Crippen LogP contribution in [0.2, 0.25) is 0 Å². The fourth-order valence-electron chi connectivity index (χ4n) is 2.72. The van der Waals surface area contributed by atoms with Crippen LogP contribution in [0.15, 0.2) is 0 Å². The molecule has 120 valence electrons. The third kappa shape index (κ3) is 3.93. The molecule has 0 aromatic carbocycles. The maximum absolute atomic E-state index is 12.1. The number of carbonyl (C=O) groups is 2. The fraction of sp³-hybridized carbons (Fsp3) is 0.857. The van der Waals surface area contributed by atoms with Gasteiger partial charge in [0.2, 0.25) is 0 Å². The summed E-state index contributed by atoms with van der Waals surface area (Å²) in [7, 11) is 1.72. The van der Waals surface area contributed by atoms with Gasteiger partial charge in [0.1, 0.15) is 5.54 Å². The van der Waals surface area contributed by atoms with Gasteiger partial charge >= 0.3 is 6.03 Å². The molecule has 7 nitrogen and oxygen atoms in total. The Labute approximate surface area is 126 Å². The van der Waals surface area contributed by atoms with Gasteiger partial charge in [0, 0.05) is 52.9 Å². The summed E-state index contributed by atoms with van der Waals surface area (Å²) in [5, 5.41) is 2.71. The average Bonchev–Trinajstić information content (AvgIpc) is 2.64. The topological polar surface area (TPSA) is 65.1 Å². The Morgan fingerprint density at radius 1 is 1.05 bits per heavy atom. The standard InChI is InChI=1S/C14H26N4O3/c1-14(2)12(19)18(13(20)15-14)9-8-16-4-6-17(7-5-16)10-11-21-3/h4-11H2,1-3H3,(H,15,20). The molecule has 7 heteroatoms. The smallest absolute Gasteiger partial charge is 0.325 e. The van der Waals surface area contributed by atoms with E-state index in [2.05, 4.69) is 15.1 Å². The number of hydrogen-bond donors (Lipinski definition) is 1. The van der Waals surface area contributed by atoms with Gasteiger partial charge in [-0.2, -0.15) is 0 Å². The lowest BCUT2D eigenvalue weighted by molar-refractivity contribution is -0.130. The number of methoxy groups -OCH3 is 1. The summed E-state index contributed by atoms with van der Waals surface area (Å²) in [6, 6.07) is -0.274. The predicted octanol–water partition coefficient (Wildman–Crippen LogP) is -0.419. The van der Waals surface area contributed by atoms with E-state index in [1.165, 1.54) is 4.90 Å². The lowest BCUT2D eigenvalue weighted by Gasteiger charge is -2.35. The monoisotopic (exact) mass is 298 g/mol. The lowest BCUT2D eigenvalue weighted by atomic mass is 10.1. The highest BCUT2D eigenvalue weighted by atomic mass is 16.5. The van der Waals surface area contributed by atoms with Crippen LogP contribution >= 0.6 is 0 Å². The van der Waals surface area contributed by atoms with Gasteiger partial charge in [-0.15, -0.1) is 0 Å². The number of rotatable bonds is 6. The number of carbonyl (C=O) groups excluding carboxylic acids is 2. The quantitative estimate of drug-likeness (QED) is 0.675. The van der Waals surface area contributed by atoms with Gasteiger partial charge in [0.05, 0.1) is 6.61 Å². The molecule has 2 aliphatic rings. The van der Waals surface area contributed by atoms with Crippen LogP contribution in [-0.4, -0.2) is 91.7 Å². The molecule has 0 aromatic heterocycles. The predicted molar refractivity (Wildman–Crippen MR) is 79.1 cm³/mol. The number of imide groups is 1. The highest BCUT2D eigenvalue weighted by Crippen LogP contribution is 2.16. The van der Waals surface area contributed by atoms with Crippen LogP contribution in [0, 0.1) is 0 Å². The van der Waals surface area contributed by atoms with Crippen LogP contribution in [0.4, 0.5) is 4.79 Å². The molecule has 0 bridgehead atoms. The molecule has 0 aliphatic carbocycles. The van der Waals surface area contributed by atoms with Crippen molar-refractivity contribution in [2.75, 3.05) is 59.5 Å². The zero-order valence-corrected chi connectivity index (χ0v) is 13.2. The summed E-state index contributed by atoms with van der Waals surface area (Å²) in [6.45, 7) is 10.4. The van der Waals surface area contributed by atoms with Crippen molar-refractivity contribution in [1.82, 2.24) is 20.0 Å². The van der Waals surface area contributed by atoms with Gasteiger partial charge in [-0.1, -0.05) is 0 Å². The number of nitrogens with one attached hydrogen (secondary N) is 1. The SMILES string of the molecule is COCCN1CCN(CCN2C(=O)NC(C)(C)C2=O)CC1. The molecule has 3 amide bonds. The molecule has 0 radical (unpaired) electrons. The zero-order chi connectivity index (χ0) is 15.5. The minimum Gasteiger partial charge on any atom is -0.383 e. The van der Waals surface area contributed by atoms with Gasteiger partial charge in [-0.3, -0.25) is 19.5 Å². The Hall–Kier alpha value is -1.18. The van der Waals surface area contributed by atoms with Crippen molar-refractivity contribution in [1.29, 1.82) is 0 Å². The lowest BCUT2D eigenvalue weighted by Crippen LogP contribution is -2.49. The second kappa shape index (κ2) is 6.72. The summed E-state index contributed by atoms with van der Waals surface area (Å²) in [5.41, 5.74) is -0.768. The van der Waals surface area contributed by atoms with Crippen molar-refractivity contribution in [3.63, 3.8) is 0 Å². The summed E-state index contributed by atoms with van der Waals surface area (Å²) in [6.07, 6.45) is 0. The average molecular weight is 298 g/mol. The third-order valence-electron chi connectivity index (χ3n) is 4.16. The summed E-state index contributed by atoms with van der Waals surface area (Å²) in [5.74, 6) is -0.133. The molecule has 2 fully saturated rings. The minimum atomic E-state index is -0.768. The van der Waals surface area contributed by atoms with Crippen molar-refractivity contribution in [2.45, 2.75) is 19.4 Å². The molecule has 1 N–H and O–H groups in total. The van der Waals surface area contributed by atoms with E-state index in [-0.39, 0.29) is 11.9 Å². The first-order valence-electron chi connectivity index (χ1n) is 7.52. The molecule has 2 saturated heterocycles. The summed E-state index contributed by atoms with van der Waals surface area (Å²) < 4.78 is 5.09. The second-order valence-corrected chi connectivity index (χ2v) is 6.19. The molecule has 0 aromatic rings. The van der Waals surface area contributed by atoms with E-state index >= 15 is 0 Å². The van der Waals surface area contributed by atoms with E-state index in [1.54, 1.807) is 21.0 Å². The van der Waals surface area contributed by atoms with Crippen LogP contribution in [0.1, 0.15) is 13.8 Å². The molecule has 0 atom stereocenters. The molecular formula is C14H26N4O3. The maximum atomic E-state index is 12.1. The number of ether oxygens (including phenoxy) is 1. The number of hydrogen-bond acceptors (Lipinski definition) is 5. The molecule has 2 rings (SSSR count). The largest absolute Gasteiger partial charge is 0.383 e. The Morgan fingerprint density at radius 2 is 1.62 bits per heavy atom. The highest BCUT2D eigenvalue weighted by Gasteiger charge is 2.43. The fourth-order valence-corrected chi connectivity index (χ4v) is 2.72. The molecule has 0 saturated carbocycles. The minimum absolute atomic E-state index is 0.133. The Kier molecular flexibility index (Phi) is 5.18. The third-order valence-corrected chi connectivity index (χ3v) is 4.16. The highest BCUT2D eigenvalue weighted by molar-refractivity contribution is 6.06. The second-order valence-electron chi connectivity index (χ2n) is 6.19. The van der Waals surface area contributed by atoms with Gasteiger partial charge in [-0.05, 0) is 13.8 Å². The molecule has 2 heterocycles. The van der Waals surface area contributed by atoms with Gasteiger partial charge in [0.25, 0.3) is 5.91 Å². The molecular weight excluding hydrogens is 272 g/mol. The Morgan fingerprint density at radius 3 is 2.10 bits per heavy atom. The van der Waals surface area contributed by atoms with Gasteiger partial charge in [-0.25, -0.2) is 4.79 Å². The van der Waals surface area contributed by atoms with E-state index in [1.807, 2.05) is 0 Å². The van der Waals surface area contributed by atoms with Gasteiger partial charge < -0.3 is 10.1 Å². The van der Waals surface area contributed by atoms with Gasteiger partial charge in [0.15, 0.2) is 0 Å². The number of urea groups is 1. The molecule has 0 unspecified atom stereocenters. The number of nitrogens with zero attached hydrogens (tertiary/aromatic N) is 3. The van der Waals surface area contributed by atoms with E-state index in [9.17, 15) is 9.59 Å². The number of piperazine rings is 1. The van der Waals surface area contributed by atoms with Crippen LogP contribution in [-0.2, 0) is 9.53 Å². The first kappa shape index (κ1) is 16.2. The summed E-state index contributed by atoms with van der Waals surface area (Å²) >= 11 is 0. The van der Waals surface area contributed by atoms with Crippen molar-refractivity contribution < 1.29 is 14.3 Å². The van der Waals surface area contributed by atoms with Crippen LogP contribution in [0.5, 0.6) is 0 Å². The van der Waals surface area contributed by atoms with Crippen LogP contribution in [0.25, 0.3) is 0 Å². The number of amides is 3. The molecule has 2 aliphatic heterocycles. The summed E-state index contributed by atoms with van der Waals surface area (Å²) in [4.78, 5) is 29.9. The normalized spacial score (nSPS) is 23.7. The van der Waals surface area contributed by atoms with Crippen molar-refractivity contribution >= 4 is 11.9 Å². The molecule has 0 spiro atoms. The Balaban J connectivity index is 1.73. The first-order chi connectivity index (χ1) is 9.94. The van der Waals surface area contributed by atoms with E-state index in [0.29, 0.717) is 6.54 Å². The van der Waals surface area contributed by atoms with Crippen molar-refractivity contribution in [2.24, 2.45) is 0 Å². The van der Waals surface area contributed by atoms with E-state index < -0.39 is 5.54 Å². The maximum Gasteiger partial charge on any atom is 0.325 e. The van der Waals surface area contributed by atoms with E-state index in [4.69, 9.17) is 4.74 Å². The Bertz CT molecular complexity index is 392.